The molecule has 17 nitrogen and oxygen atoms in total. The second-order valence-electron chi connectivity index (χ2n) is 27.6. The lowest BCUT2D eigenvalue weighted by atomic mass is 9.63. The van der Waals surface area contributed by atoms with Crippen LogP contribution in [0.25, 0.3) is 0 Å². The Morgan fingerprint density at radius 2 is 0.967 bits per heavy atom. The molecule has 10 atom stereocenters. The predicted molar refractivity (Wildman–Crippen MR) is 346 cm³/mol. The highest BCUT2D eigenvalue weighted by molar-refractivity contribution is 5.77. The van der Waals surface area contributed by atoms with E-state index in [0.717, 1.165) is 168 Å². The SMILES string of the molecule is CCCCCc1cc(OC(=O)OC[C@@H](O)CO)c2c(c1)OC(C)(C)[C@@H]1CCC(CCC3(C)Oc4cc(CCCCC)cc(OC(=O)OC[C@H](O)CO)c4[C@@H]4C=C(CCC5(C)Oc6cc(CCCCC)cc(OC(=O)CNC=O)c6[C@@H]6C=C(C)CC[C@H]65)CC[C@H]43)=C[C@@H]21. The molecule has 6 aliphatic rings. The first-order valence-corrected chi connectivity index (χ1v) is 34.0. The number of ether oxygens (including phenoxy) is 8. The Morgan fingerprint density at radius 3 is 1.41 bits per heavy atom. The summed E-state index contributed by atoms with van der Waals surface area (Å²) in [5.74, 6) is 2.31. The van der Waals surface area contributed by atoms with Crippen molar-refractivity contribution < 1.29 is 77.5 Å². The number of carbonyl (C=O) groups is 4. The van der Waals surface area contributed by atoms with Crippen LogP contribution in [0.15, 0.2) is 71.3 Å². The zero-order valence-electron chi connectivity index (χ0n) is 55.2. The van der Waals surface area contributed by atoms with Gasteiger partial charge in [-0.25, -0.2) is 14.4 Å². The molecule has 0 spiro atoms. The summed E-state index contributed by atoms with van der Waals surface area (Å²) in [5.41, 5.74) is 7.38. The van der Waals surface area contributed by atoms with E-state index < -0.39 is 73.7 Å². The summed E-state index contributed by atoms with van der Waals surface area (Å²) >= 11 is 0. The average molecular weight is 1260 g/mol. The van der Waals surface area contributed by atoms with Crippen molar-refractivity contribution in [2.24, 2.45) is 17.8 Å². The topological polar surface area (TPSA) is 235 Å². The number of fused-ring (bicyclic) bond motifs is 9. The molecule has 91 heavy (non-hydrogen) atoms. The molecule has 3 aliphatic carbocycles. The van der Waals surface area contributed by atoms with E-state index in [1.165, 1.54) is 16.7 Å². The van der Waals surface area contributed by atoms with Crippen LogP contribution in [0.3, 0.4) is 0 Å². The number of nitrogens with one attached hydrogen (secondary N) is 1. The molecule has 0 saturated carbocycles. The van der Waals surface area contributed by atoms with Crippen LogP contribution < -0.4 is 33.7 Å². The van der Waals surface area contributed by atoms with Crippen molar-refractivity contribution in [1.82, 2.24) is 5.32 Å². The van der Waals surface area contributed by atoms with E-state index in [4.69, 9.17) is 37.9 Å². The second kappa shape index (κ2) is 31.0. The fourth-order valence-corrected chi connectivity index (χ4v) is 15.3. The van der Waals surface area contributed by atoms with Crippen molar-refractivity contribution in [3.63, 3.8) is 0 Å². The largest absolute Gasteiger partial charge is 0.513 e. The van der Waals surface area contributed by atoms with Gasteiger partial charge in [0.05, 0.1) is 13.2 Å². The molecule has 0 saturated heterocycles. The number of esters is 1. The molecule has 17 heteroatoms. The van der Waals surface area contributed by atoms with Crippen molar-refractivity contribution in [2.45, 2.75) is 243 Å². The number of amides is 1. The van der Waals surface area contributed by atoms with E-state index in [2.05, 4.69) is 97.1 Å². The molecule has 5 N–H and O–H groups in total. The number of aliphatic hydroxyl groups excluding tert-OH is 4. The van der Waals surface area contributed by atoms with E-state index in [-0.39, 0.29) is 42.1 Å². The van der Waals surface area contributed by atoms with Gasteiger partial charge in [-0.15, -0.1) is 0 Å². The van der Waals surface area contributed by atoms with Crippen LogP contribution in [0, 0.1) is 17.8 Å². The molecule has 2 unspecified atom stereocenters. The van der Waals surface area contributed by atoms with E-state index in [1.54, 1.807) is 0 Å². The fourth-order valence-electron chi connectivity index (χ4n) is 15.3. The third kappa shape index (κ3) is 16.7. The smallest absolute Gasteiger partial charge is 0.487 e. The quantitative estimate of drug-likeness (QED) is 0.0104. The Labute approximate surface area is 538 Å². The van der Waals surface area contributed by atoms with Gasteiger partial charge in [0.1, 0.15) is 83.3 Å². The summed E-state index contributed by atoms with van der Waals surface area (Å²) in [6, 6.07) is 12.2. The van der Waals surface area contributed by atoms with Crippen LogP contribution in [-0.4, -0.2) is 107 Å². The van der Waals surface area contributed by atoms with Crippen LogP contribution in [0.5, 0.6) is 34.5 Å². The van der Waals surface area contributed by atoms with Crippen molar-refractivity contribution in [2.75, 3.05) is 33.0 Å². The third-order valence-corrected chi connectivity index (χ3v) is 20.3. The first kappa shape index (κ1) is 69.0. The number of aliphatic hydroxyl groups is 4. The van der Waals surface area contributed by atoms with E-state index in [0.29, 0.717) is 48.0 Å². The van der Waals surface area contributed by atoms with Gasteiger partial charge in [-0.1, -0.05) is 94.2 Å². The Bertz CT molecular complexity index is 3150. The summed E-state index contributed by atoms with van der Waals surface area (Å²) in [6.45, 7) is 15.2. The summed E-state index contributed by atoms with van der Waals surface area (Å²) in [4.78, 5) is 51.4. The molecule has 0 fully saturated rings. The minimum absolute atomic E-state index is 0.0522. The molecule has 3 heterocycles. The van der Waals surface area contributed by atoms with Gasteiger partial charge in [-0.05, 0) is 190 Å². The summed E-state index contributed by atoms with van der Waals surface area (Å²) in [7, 11) is 0. The van der Waals surface area contributed by atoms with Gasteiger partial charge in [0, 0.05) is 52.2 Å². The number of hydrogen-bond acceptors (Lipinski definition) is 16. The van der Waals surface area contributed by atoms with E-state index in [1.807, 2.05) is 18.2 Å². The maximum absolute atomic E-state index is 13.7. The van der Waals surface area contributed by atoms with Crippen molar-refractivity contribution in [3.05, 3.63) is 105 Å². The third-order valence-electron chi connectivity index (χ3n) is 20.3. The maximum atomic E-state index is 13.7. The van der Waals surface area contributed by atoms with Crippen LogP contribution in [-0.2, 0) is 38.3 Å². The van der Waals surface area contributed by atoms with E-state index >= 15 is 0 Å². The van der Waals surface area contributed by atoms with Gasteiger partial charge in [-0.2, -0.15) is 0 Å². The number of benzene rings is 3. The van der Waals surface area contributed by atoms with Crippen LogP contribution in [0.2, 0.25) is 0 Å². The Morgan fingerprint density at radius 1 is 0.560 bits per heavy atom. The van der Waals surface area contributed by atoms with Gasteiger partial charge in [-0.3, -0.25) is 4.79 Å². The Kier molecular flexibility index (Phi) is 23.5. The van der Waals surface area contributed by atoms with Crippen LogP contribution in [0.1, 0.15) is 229 Å². The molecule has 0 radical (unpaired) electrons. The average Bonchev–Trinajstić information content (AvgIpc) is 0.764. The molecule has 9 rings (SSSR count). The summed E-state index contributed by atoms with van der Waals surface area (Å²) in [5, 5.41) is 41.7. The predicted octanol–water partition coefficient (Wildman–Crippen LogP) is 14.0. The minimum Gasteiger partial charge on any atom is -0.487 e. The van der Waals surface area contributed by atoms with Gasteiger partial charge >= 0.3 is 18.3 Å². The van der Waals surface area contributed by atoms with Gasteiger partial charge in [0.15, 0.2) is 0 Å². The highest BCUT2D eigenvalue weighted by atomic mass is 16.7. The second-order valence-corrected chi connectivity index (χ2v) is 27.6. The molecule has 0 bridgehead atoms. The lowest BCUT2D eigenvalue weighted by molar-refractivity contribution is -0.134. The van der Waals surface area contributed by atoms with Gasteiger partial charge in [0.2, 0.25) is 6.41 Å². The summed E-state index contributed by atoms with van der Waals surface area (Å²) < 4.78 is 50.7. The molecular formula is C74H101NO16. The van der Waals surface area contributed by atoms with Gasteiger partial charge in [0.25, 0.3) is 0 Å². The molecule has 3 aromatic carbocycles. The minimum atomic E-state index is -1.26. The van der Waals surface area contributed by atoms with Gasteiger partial charge < -0.3 is 63.6 Å². The van der Waals surface area contributed by atoms with Crippen LogP contribution >= 0.6 is 0 Å². The maximum Gasteiger partial charge on any atom is 0.513 e. The number of hydrogen-bond donors (Lipinski definition) is 5. The molecule has 1 amide bonds. The normalized spacial score (nSPS) is 24.8. The number of aryl methyl sites for hydroxylation is 3. The fraction of sp³-hybridized carbons (Fsp3) is 0.622. The number of allylic oxidation sites excluding steroid dienone is 6. The van der Waals surface area contributed by atoms with Crippen LogP contribution in [0.4, 0.5) is 9.59 Å². The van der Waals surface area contributed by atoms with Crippen molar-refractivity contribution in [1.29, 1.82) is 0 Å². The van der Waals surface area contributed by atoms with Crippen molar-refractivity contribution in [3.8, 4) is 34.5 Å². The highest BCUT2D eigenvalue weighted by Gasteiger charge is 2.52. The molecule has 3 aromatic rings. The first-order chi connectivity index (χ1) is 43.7. The van der Waals surface area contributed by atoms with E-state index in [9.17, 15) is 39.6 Å². The Hall–Kier alpha value is -6.40. The lowest BCUT2D eigenvalue weighted by Gasteiger charge is -2.50. The molecule has 0 aromatic heterocycles. The standard InChI is InChI=1S/C74H101NO16/c1-9-12-15-18-49-34-60(86-66(81)40-75-45-78)67-54-31-46(4)21-24-58(54)73(7,90-64(67)38-49)29-28-48-23-26-59-56(33-48)69-62(88-71(83)85-44-53(80)42-77)36-51(20-17-14-11-3)39-65(69)91-74(59,8)30-27-47-22-25-57-55(32-47)68-61(87-70(82)84-43-52(79)41-76)35-50(19-16-13-10-2)37-63(68)89-72(57,5)6/h31-39,45,52-59,76-77,79-80H,9-30,40-44H2,1-8H3,(H,75,78)/t52-,53+,54+,55+,56+,57+,58+,59+,73?,74?/m0/s1. The lowest BCUT2D eigenvalue weighted by Crippen LogP contribution is -2.49. The Balaban J connectivity index is 1.06. The van der Waals surface area contributed by atoms with Crippen molar-refractivity contribution >= 4 is 24.7 Å². The zero-order chi connectivity index (χ0) is 65.0. The molecule has 498 valence electrons. The number of unbranched alkanes of at least 4 members (excludes halogenated alkanes) is 6. The molecule has 3 aliphatic heterocycles. The monoisotopic (exact) mass is 1260 g/mol. The number of carbonyl (C=O) groups excluding carboxylic acids is 4. The molecular weight excluding hydrogens is 1160 g/mol. The number of rotatable bonds is 30. The first-order valence-electron chi connectivity index (χ1n) is 34.0. The summed E-state index contributed by atoms with van der Waals surface area (Å²) in [6.07, 6.45) is 22.5. The highest BCUT2D eigenvalue weighted by Crippen LogP contribution is 2.60. The zero-order valence-corrected chi connectivity index (χ0v) is 55.2.